The van der Waals surface area contributed by atoms with E-state index < -0.39 is 5.97 Å². The second-order valence-corrected chi connectivity index (χ2v) is 1.85. The molecule has 0 unspecified atom stereocenters. The summed E-state index contributed by atoms with van der Waals surface area (Å²) in [5.41, 5.74) is 0. The lowest BCUT2D eigenvalue weighted by molar-refractivity contribution is -0.131. The molecule has 0 saturated heterocycles. The van der Waals surface area contributed by atoms with Crippen molar-refractivity contribution in [3.63, 3.8) is 0 Å². The lowest BCUT2D eigenvalue weighted by atomic mass is 10.3. The van der Waals surface area contributed by atoms with Gasteiger partial charge in [0.2, 0.25) is 0 Å². The van der Waals surface area contributed by atoms with Crippen molar-refractivity contribution in [3.05, 3.63) is 24.0 Å². The van der Waals surface area contributed by atoms with E-state index in [0.717, 1.165) is 18.2 Å². The Hall–Kier alpha value is -1.58. The molecule has 4 nitrogen and oxygen atoms in total. The summed E-state index contributed by atoms with van der Waals surface area (Å²) in [6, 6.07) is 0. The molecule has 0 fully saturated rings. The first-order valence-corrected chi connectivity index (χ1v) is 2.84. The normalized spacial score (nSPS) is 11.9. The first-order chi connectivity index (χ1) is 5.02. The summed E-state index contributed by atoms with van der Waals surface area (Å²) in [5, 5.41) is 16.8. The lowest BCUT2D eigenvalue weighted by Crippen LogP contribution is -1.89. The third kappa shape index (κ3) is 6.30. The molecule has 0 saturated carbocycles. The van der Waals surface area contributed by atoms with Crippen LogP contribution in [-0.2, 0) is 9.59 Å². The summed E-state index contributed by atoms with van der Waals surface area (Å²) in [7, 11) is 0. The molecular formula is C7H8O4. The van der Waals surface area contributed by atoms with Gasteiger partial charge in [0, 0.05) is 12.2 Å². The standard InChI is InChI=1S/C7H8O4/c1-5(8)4-6(9)2-3-7(10)11/h2-4,9H,1H3,(H,10,11)/b3-2+,6-4-. The van der Waals surface area contributed by atoms with Gasteiger partial charge >= 0.3 is 5.97 Å². The molecular weight excluding hydrogens is 148 g/mol. The average molecular weight is 156 g/mol. The summed E-state index contributed by atoms with van der Waals surface area (Å²) in [4.78, 5) is 20.2. The van der Waals surface area contributed by atoms with Crippen LogP contribution in [0.3, 0.4) is 0 Å². The number of carboxylic acid groups (broad SMARTS) is 1. The Balaban J connectivity index is 4.17. The molecule has 60 valence electrons. The van der Waals surface area contributed by atoms with E-state index in [1.165, 1.54) is 6.92 Å². The van der Waals surface area contributed by atoms with E-state index in [4.69, 9.17) is 10.2 Å². The minimum absolute atomic E-state index is 0.336. The first kappa shape index (κ1) is 9.42. The van der Waals surface area contributed by atoms with E-state index in [2.05, 4.69) is 0 Å². The fourth-order valence-electron chi connectivity index (χ4n) is 0.413. The highest BCUT2D eigenvalue weighted by Crippen LogP contribution is 1.90. The second-order valence-electron chi connectivity index (χ2n) is 1.85. The third-order valence-electron chi connectivity index (χ3n) is 0.748. The largest absolute Gasteiger partial charge is 0.508 e. The van der Waals surface area contributed by atoms with Gasteiger partial charge in [-0.2, -0.15) is 0 Å². The number of carbonyl (C=O) groups excluding carboxylic acids is 1. The Bertz CT molecular complexity index is 225. The highest BCUT2D eigenvalue weighted by molar-refractivity contribution is 5.88. The van der Waals surface area contributed by atoms with E-state index in [0.29, 0.717) is 0 Å². The summed E-state index contributed by atoms with van der Waals surface area (Å²) in [6.45, 7) is 1.25. The quantitative estimate of drug-likeness (QED) is 0.357. The van der Waals surface area contributed by atoms with Crippen molar-refractivity contribution in [1.82, 2.24) is 0 Å². The van der Waals surface area contributed by atoms with Crippen LogP contribution in [0.4, 0.5) is 0 Å². The monoisotopic (exact) mass is 156 g/mol. The predicted octanol–water partition coefficient (Wildman–Crippen LogP) is 0.658. The Morgan fingerprint density at radius 2 is 1.73 bits per heavy atom. The van der Waals surface area contributed by atoms with Gasteiger partial charge < -0.3 is 10.2 Å². The maximum Gasteiger partial charge on any atom is 0.328 e. The zero-order valence-corrected chi connectivity index (χ0v) is 5.94. The van der Waals surface area contributed by atoms with Crippen molar-refractivity contribution in [3.8, 4) is 0 Å². The fourth-order valence-corrected chi connectivity index (χ4v) is 0.413. The molecule has 0 spiro atoms. The van der Waals surface area contributed by atoms with E-state index in [1.807, 2.05) is 0 Å². The molecule has 0 rings (SSSR count). The topological polar surface area (TPSA) is 74.6 Å². The minimum Gasteiger partial charge on any atom is -0.508 e. The van der Waals surface area contributed by atoms with E-state index in [9.17, 15) is 9.59 Å². The Kier molecular flexibility index (Phi) is 3.66. The smallest absolute Gasteiger partial charge is 0.328 e. The zero-order chi connectivity index (χ0) is 8.85. The molecule has 2 N–H and O–H groups in total. The molecule has 0 aliphatic rings. The van der Waals surface area contributed by atoms with Gasteiger partial charge in [-0.15, -0.1) is 0 Å². The van der Waals surface area contributed by atoms with E-state index >= 15 is 0 Å². The summed E-state index contributed by atoms with van der Waals surface area (Å²) >= 11 is 0. The predicted molar refractivity (Wildman–Crippen MR) is 38.2 cm³/mol. The highest BCUT2D eigenvalue weighted by atomic mass is 16.4. The van der Waals surface area contributed by atoms with Gasteiger partial charge in [-0.1, -0.05) is 0 Å². The summed E-state index contributed by atoms with van der Waals surface area (Å²) < 4.78 is 0. The van der Waals surface area contributed by atoms with Crippen LogP contribution in [0.5, 0.6) is 0 Å². The van der Waals surface area contributed by atoms with Crippen LogP contribution in [0.2, 0.25) is 0 Å². The van der Waals surface area contributed by atoms with E-state index in [1.54, 1.807) is 0 Å². The number of aliphatic hydroxyl groups is 1. The van der Waals surface area contributed by atoms with Crippen molar-refractivity contribution < 1.29 is 19.8 Å². The SMILES string of the molecule is CC(=O)/C=C(O)/C=C/C(=O)O. The van der Waals surface area contributed by atoms with Crippen LogP contribution in [0.25, 0.3) is 0 Å². The molecule has 0 aromatic rings. The van der Waals surface area contributed by atoms with Crippen LogP contribution >= 0.6 is 0 Å². The minimum atomic E-state index is -1.17. The number of aliphatic hydroxyl groups excluding tert-OH is 1. The number of hydrogen-bond acceptors (Lipinski definition) is 3. The number of carbonyl (C=O) groups is 2. The third-order valence-corrected chi connectivity index (χ3v) is 0.748. The number of aliphatic carboxylic acids is 1. The number of carboxylic acids is 1. The molecule has 0 heterocycles. The van der Waals surface area contributed by atoms with Crippen LogP contribution in [-0.4, -0.2) is 22.0 Å². The van der Waals surface area contributed by atoms with Crippen molar-refractivity contribution >= 4 is 11.8 Å². The molecule has 4 heteroatoms. The second kappa shape index (κ2) is 4.27. The van der Waals surface area contributed by atoms with Crippen molar-refractivity contribution in [2.24, 2.45) is 0 Å². The number of ketones is 1. The molecule has 0 aromatic heterocycles. The highest BCUT2D eigenvalue weighted by Gasteiger charge is 1.91. The number of rotatable bonds is 3. The summed E-state index contributed by atoms with van der Waals surface area (Å²) in [6.07, 6.45) is 2.61. The Labute approximate surface area is 63.5 Å². The first-order valence-electron chi connectivity index (χ1n) is 2.84. The fraction of sp³-hybridized carbons (Fsp3) is 0.143. The van der Waals surface area contributed by atoms with Crippen molar-refractivity contribution in [2.75, 3.05) is 0 Å². The maximum absolute atomic E-state index is 10.3. The summed E-state index contributed by atoms with van der Waals surface area (Å²) in [5.74, 6) is -1.87. The van der Waals surface area contributed by atoms with Crippen molar-refractivity contribution in [2.45, 2.75) is 6.92 Å². The zero-order valence-electron chi connectivity index (χ0n) is 5.94. The van der Waals surface area contributed by atoms with Gasteiger partial charge in [-0.05, 0) is 13.0 Å². The Morgan fingerprint density at radius 3 is 2.09 bits per heavy atom. The number of hydrogen-bond donors (Lipinski definition) is 2. The molecule has 0 radical (unpaired) electrons. The van der Waals surface area contributed by atoms with Gasteiger partial charge in [0.15, 0.2) is 5.78 Å². The Morgan fingerprint density at radius 1 is 1.18 bits per heavy atom. The molecule has 0 aromatic carbocycles. The van der Waals surface area contributed by atoms with Gasteiger partial charge in [0.05, 0.1) is 0 Å². The average Bonchev–Trinajstić information content (AvgIpc) is 1.82. The molecule has 11 heavy (non-hydrogen) atoms. The lowest BCUT2D eigenvalue weighted by Gasteiger charge is -1.86. The van der Waals surface area contributed by atoms with Gasteiger partial charge in [0.1, 0.15) is 5.76 Å². The van der Waals surface area contributed by atoms with E-state index in [-0.39, 0.29) is 11.5 Å². The van der Waals surface area contributed by atoms with Crippen LogP contribution in [0.15, 0.2) is 24.0 Å². The van der Waals surface area contributed by atoms with Gasteiger partial charge in [-0.25, -0.2) is 4.79 Å². The van der Waals surface area contributed by atoms with Crippen molar-refractivity contribution in [1.29, 1.82) is 0 Å². The molecule has 0 aliphatic heterocycles. The van der Waals surface area contributed by atoms with Crippen LogP contribution in [0, 0.1) is 0 Å². The van der Waals surface area contributed by atoms with Crippen LogP contribution < -0.4 is 0 Å². The molecule has 0 aliphatic carbocycles. The molecule has 0 atom stereocenters. The van der Waals surface area contributed by atoms with Crippen LogP contribution in [0.1, 0.15) is 6.92 Å². The molecule has 0 bridgehead atoms. The van der Waals surface area contributed by atoms with Gasteiger partial charge in [0.25, 0.3) is 0 Å². The maximum atomic E-state index is 10.3. The molecule has 0 amide bonds. The number of allylic oxidation sites excluding steroid dienone is 2. The van der Waals surface area contributed by atoms with Gasteiger partial charge in [-0.3, -0.25) is 4.79 Å².